The third-order valence-corrected chi connectivity index (χ3v) is 8.43. The molecule has 46 heavy (non-hydrogen) atoms. The van der Waals surface area contributed by atoms with Gasteiger partial charge in [0.25, 0.3) is 5.91 Å². The molecule has 0 spiro atoms. The molecule has 0 aromatic heterocycles. The van der Waals surface area contributed by atoms with Crippen LogP contribution in [0.1, 0.15) is 54.6 Å². The molecule has 4 bridgehead atoms. The molecule has 0 radical (unpaired) electrons. The molecule has 4 atom stereocenters. The smallest absolute Gasteiger partial charge is 0.252 e. The number of carbonyl (C=O) groups is 4. The maximum absolute atomic E-state index is 13.9. The van der Waals surface area contributed by atoms with Gasteiger partial charge in [0, 0.05) is 24.9 Å². The normalized spacial score (nSPS) is 22.3. The summed E-state index contributed by atoms with van der Waals surface area (Å²) in [4.78, 5) is 56.8. The van der Waals surface area contributed by atoms with Gasteiger partial charge in [-0.3, -0.25) is 19.2 Å². The molecule has 4 amide bonds. The number of nitrogens with zero attached hydrogens (tertiary/aromatic N) is 1. The molecule has 6 rings (SSSR count). The first-order valence-electron chi connectivity index (χ1n) is 15.9. The van der Waals surface area contributed by atoms with Crippen molar-refractivity contribution in [3.05, 3.63) is 95.6 Å². The molecule has 1 fully saturated rings. The van der Waals surface area contributed by atoms with Crippen LogP contribution in [0.15, 0.2) is 78.9 Å². The van der Waals surface area contributed by atoms with Crippen molar-refractivity contribution < 1.29 is 29.0 Å². The van der Waals surface area contributed by atoms with Crippen molar-refractivity contribution in [2.24, 2.45) is 5.92 Å². The van der Waals surface area contributed by atoms with Gasteiger partial charge in [0.1, 0.15) is 29.6 Å². The number of benzene rings is 3. The van der Waals surface area contributed by atoms with Crippen LogP contribution >= 0.6 is 0 Å². The average Bonchev–Trinajstić information content (AvgIpc) is 3.53. The van der Waals surface area contributed by atoms with Gasteiger partial charge in [-0.1, -0.05) is 62.4 Å². The zero-order valence-corrected chi connectivity index (χ0v) is 26.3. The Labute approximate surface area is 269 Å². The molecular formula is C36H42N4O6. The fourth-order valence-electron chi connectivity index (χ4n) is 6.03. The molecule has 0 saturated carbocycles. The highest BCUT2D eigenvalue weighted by Crippen LogP contribution is 2.24. The van der Waals surface area contributed by atoms with Crippen molar-refractivity contribution in [2.75, 3.05) is 13.2 Å². The minimum atomic E-state index is -0.986. The first kappa shape index (κ1) is 32.7. The summed E-state index contributed by atoms with van der Waals surface area (Å²) < 4.78 is 6.03. The Morgan fingerprint density at radius 1 is 0.891 bits per heavy atom. The maximum atomic E-state index is 13.9. The Morgan fingerprint density at radius 3 is 2.35 bits per heavy atom. The van der Waals surface area contributed by atoms with Gasteiger partial charge < -0.3 is 30.7 Å². The Morgan fingerprint density at radius 2 is 1.63 bits per heavy atom. The summed E-state index contributed by atoms with van der Waals surface area (Å²) in [6.45, 7) is 4.24. The van der Waals surface area contributed by atoms with Crippen molar-refractivity contribution in [3.63, 3.8) is 0 Å². The van der Waals surface area contributed by atoms with E-state index in [-0.39, 0.29) is 37.3 Å². The zero-order chi connectivity index (χ0) is 32.6. The fourth-order valence-corrected chi connectivity index (χ4v) is 6.03. The van der Waals surface area contributed by atoms with Crippen molar-refractivity contribution in [3.8, 4) is 11.5 Å². The Hall–Kier alpha value is -4.70. The Balaban J connectivity index is 1.51. The Kier molecular flexibility index (Phi) is 10.7. The van der Waals surface area contributed by atoms with Crippen molar-refractivity contribution in [1.82, 2.24) is 20.9 Å². The molecule has 10 nitrogen and oxygen atoms in total. The number of hydrogen-bond donors (Lipinski definition) is 4. The number of hydrogen-bond acceptors (Lipinski definition) is 6. The van der Waals surface area contributed by atoms with Crippen molar-refractivity contribution >= 4 is 23.6 Å². The summed E-state index contributed by atoms with van der Waals surface area (Å²) >= 11 is 0. The van der Waals surface area contributed by atoms with Crippen LogP contribution in [-0.4, -0.2) is 71.0 Å². The highest BCUT2D eigenvalue weighted by molar-refractivity contribution is 5.99. The molecule has 1 saturated heterocycles. The van der Waals surface area contributed by atoms with Gasteiger partial charge >= 0.3 is 0 Å². The summed E-state index contributed by atoms with van der Waals surface area (Å²) in [5.74, 6) is -0.710. The van der Waals surface area contributed by atoms with Crippen LogP contribution in [0.3, 0.4) is 0 Å². The van der Waals surface area contributed by atoms with Gasteiger partial charge in [0.05, 0.1) is 12.6 Å². The molecule has 3 heterocycles. The van der Waals surface area contributed by atoms with Crippen LogP contribution in [-0.2, 0) is 27.2 Å². The summed E-state index contributed by atoms with van der Waals surface area (Å²) in [6.07, 6.45) is 2.20. The van der Waals surface area contributed by atoms with Crippen LogP contribution in [0.25, 0.3) is 0 Å². The van der Waals surface area contributed by atoms with Crippen molar-refractivity contribution in [1.29, 1.82) is 0 Å². The lowest BCUT2D eigenvalue weighted by molar-refractivity contribution is -0.138. The van der Waals surface area contributed by atoms with Gasteiger partial charge in [-0.05, 0) is 66.6 Å². The molecule has 3 aliphatic heterocycles. The topological polar surface area (TPSA) is 137 Å². The summed E-state index contributed by atoms with van der Waals surface area (Å²) in [5.41, 5.74) is 1.96. The van der Waals surface area contributed by atoms with E-state index < -0.39 is 35.8 Å². The second-order valence-corrected chi connectivity index (χ2v) is 12.5. The maximum Gasteiger partial charge on any atom is 0.252 e. The second kappa shape index (κ2) is 15.1. The number of amides is 4. The van der Waals surface area contributed by atoms with Crippen LogP contribution in [0.2, 0.25) is 0 Å². The monoisotopic (exact) mass is 626 g/mol. The zero-order valence-electron chi connectivity index (χ0n) is 26.3. The predicted octanol–water partition coefficient (Wildman–Crippen LogP) is 3.38. The summed E-state index contributed by atoms with van der Waals surface area (Å²) in [7, 11) is 0. The number of aliphatic hydroxyl groups excluding tert-OH is 1. The van der Waals surface area contributed by atoms with Gasteiger partial charge in [0.2, 0.25) is 17.7 Å². The van der Waals surface area contributed by atoms with E-state index >= 15 is 0 Å². The van der Waals surface area contributed by atoms with Gasteiger partial charge in [0.15, 0.2) is 0 Å². The largest absolute Gasteiger partial charge is 0.457 e. The molecule has 4 N–H and O–H groups in total. The lowest BCUT2D eigenvalue weighted by atomic mass is 9.99. The second-order valence-electron chi connectivity index (χ2n) is 12.5. The van der Waals surface area contributed by atoms with Crippen molar-refractivity contribution in [2.45, 2.75) is 70.1 Å². The van der Waals surface area contributed by atoms with Gasteiger partial charge in [-0.25, -0.2) is 0 Å². The molecule has 3 aromatic rings. The Bertz CT molecular complexity index is 1530. The van der Waals surface area contributed by atoms with Crippen LogP contribution in [0.4, 0.5) is 0 Å². The van der Waals surface area contributed by atoms with E-state index in [0.29, 0.717) is 36.4 Å². The van der Waals surface area contributed by atoms with E-state index in [2.05, 4.69) is 16.0 Å². The van der Waals surface area contributed by atoms with E-state index in [4.69, 9.17) is 4.74 Å². The number of ether oxygens (including phenoxy) is 1. The van der Waals surface area contributed by atoms with Crippen LogP contribution < -0.4 is 20.7 Å². The number of likely N-dealkylation sites (tertiary alicyclic amines) is 1. The van der Waals surface area contributed by atoms with Gasteiger partial charge in [-0.15, -0.1) is 0 Å². The first-order valence-corrected chi connectivity index (χ1v) is 15.9. The standard InChI is InChI=1S/C36H42N4O6/c1-23(2)18-30-34(43)39-32(36(45)40-17-7-11-27(40)22-41)20-25-13-15-28(16-14-25)46-29-12-6-10-26(21-29)33(42)37-31(35(44)38-30)19-24-8-4-3-5-9-24/h3-6,8-10,12-16,21,23,27,30-32,41H,7,11,17-20,22H2,1-2H3,(H,37,42)(H,38,44)(H,39,43)/t27-,30+,31-,32+/m1/s1. The van der Waals surface area contributed by atoms with Crippen LogP contribution in [0, 0.1) is 5.92 Å². The number of fused-ring (bicyclic) bond motifs is 11. The molecule has 0 unspecified atom stereocenters. The molecule has 0 aliphatic carbocycles. The van der Waals surface area contributed by atoms with E-state index in [1.165, 1.54) is 0 Å². The predicted molar refractivity (Wildman–Crippen MR) is 173 cm³/mol. The third kappa shape index (κ3) is 8.31. The highest BCUT2D eigenvalue weighted by Gasteiger charge is 2.36. The first-order chi connectivity index (χ1) is 22.2. The lowest BCUT2D eigenvalue weighted by Crippen LogP contribution is -2.58. The van der Waals surface area contributed by atoms with E-state index in [0.717, 1.165) is 17.5 Å². The molecular weight excluding hydrogens is 584 g/mol. The minimum Gasteiger partial charge on any atom is -0.457 e. The molecule has 3 aliphatic rings. The molecule has 3 aromatic carbocycles. The van der Waals surface area contributed by atoms with E-state index in [1.54, 1.807) is 41.3 Å². The minimum absolute atomic E-state index is 0.0397. The fraction of sp³-hybridized carbons (Fsp3) is 0.389. The molecule has 242 valence electrons. The van der Waals surface area contributed by atoms with Crippen LogP contribution in [0.5, 0.6) is 11.5 Å². The van der Waals surface area contributed by atoms with E-state index in [1.807, 2.05) is 56.3 Å². The number of aliphatic hydroxyl groups is 1. The SMILES string of the molecule is CC(C)C[C@@H]1NC(=O)[C@@H](Cc2ccccc2)NC(=O)c2cccc(c2)Oc2ccc(cc2)C[C@@H](C(=O)N2CCC[C@@H]2CO)NC1=O. The average molecular weight is 627 g/mol. The summed E-state index contributed by atoms with van der Waals surface area (Å²) in [5, 5.41) is 18.6. The van der Waals surface area contributed by atoms with E-state index in [9.17, 15) is 24.3 Å². The lowest BCUT2D eigenvalue weighted by Gasteiger charge is -2.30. The number of nitrogens with one attached hydrogen (secondary N) is 3. The number of rotatable bonds is 6. The number of carbonyl (C=O) groups excluding carboxylic acids is 4. The highest BCUT2D eigenvalue weighted by atomic mass is 16.5. The quantitative estimate of drug-likeness (QED) is 0.310. The summed E-state index contributed by atoms with van der Waals surface area (Å²) in [6, 6.07) is 20.1. The third-order valence-electron chi connectivity index (χ3n) is 8.43. The van der Waals surface area contributed by atoms with Gasteiger partial charge in [-0.2, -0.15) is 0 Å². The molecule has 10 heteroatoms.